The first-order valence-corrected chi connectivity index (χ1v) is 7.89. The summed E-state index contributed by atoms with van der Waals surface area (Å²) in [5.74, 6) is 1.06. The molecule has 0 spiro atoms. The van der Waals surface area contributed by atoms with Crippen LogP contribution in [0.2, 0.25) is 0 Å². The number of hydrogen-bond acceptors (Lipinski definition) is 3. The largest absolute Gasteiger partial charge is 0.356 e. The van der Waals surface area contributed by atoms with Crippen molar-refractivity contribution in [2.45, 2.75) is 50.3 Å². The van der Waals surface area contributed by atoms with Gasteiger partial charge in [-0.1, -0.05) is 19.8 Å². The maximum Gasteiger partial charge on any atom is 0.203 e. The summed E-state index contributed by atoms with van der Waals surface area (Å²) in [6.45, 7) is 3.29. The average molecular weight is 253 g/mol. The Kier molecular flexibility index (Phi) is 4.77. The molecule has 1 aliphatic rings. The molecule has 1 unspecified atom stereocenters. The molecule has 1 heterocycles. The summed E-state index contributed by atoms with van der Waals surface area (Å²) in [5.41, 5.74) is 0. The number of thioether (sulfide) groups is 1. The summed E-state index contributed by atoms with van der Waals surface area (Å²) in [4.78, 5) is 4.43. The van der Waals surface area contributed by atoms with E-state index in [1.165, 1.54) is 32.1 Å². The molecule has 0 bridgehead atoms. The number of anilines is 1. The summed E-state index contributed by atoms with van der Waals surface area (Å²) in [5, 5.41) is 4.19. The van der Waals surface area contributed by atoms with Gasteiger partial charge in [0.15, 0.2) is 0 Å². The van der Waals surface area contributed by atoms with Gasteiger partial charge in [-0.05, 0) is 25.5 Å². The number of nitrogens with one attached hydrogen (secondary N) is 1. The summed E-state index contributed by atoms with van der Waals surface area (Å²) < 4.78 is 2.33. The molecular weight excluding hydrogens is 230 g/mol. The van der Waals surface area contributed by atoms with Gasteiger partial charge >= 0.3 is 0 Å². The van der Waals surface area contributed by atoms with Crippen molar-refractivity contribution in [3.8, 4) is 0 Å². The molecule has 0 radical (unpaired) electrons. The van der Waals surface area contributed by atoms with Crippen LogP contribution in [-0.2, 0) is 0 Å². The highest BCUT2D eigenvalue weighted by Gasteiger charge is 2.18. The molecule has 0 saturated heterocycles. The molecule has 1 saturated carbocycles. The predicted octanol–water partition coefficient (Wildman–Crippen LogP) is 3.55. The van der Waals surface area contributed by atoms with Gasteiger partial charge < -0.3 is 9.88 Å². The lowest BCUT2D eigenvalue weighted by atomic mass is 10.2. The molecule has 1 aromatic heterocycles. The number of aromatic nitrogens is 2. The summed E-state index contributed by atoms with van der Waals surface area (Å²) in [6, 6.07) is 0.679. The first kappa shape index (κ1) is 12.8. The van der Waals surface area contributed by atoms with Crippen molar-refractivity contribution in [3.05, 3.63) is 12.4 Å². The molecule has 1 N–H and O–H groups in total. The molecule has 0 aromatic carbocycles. The monoisotopic (exact) mass is 253 g/mol. The highest BCUT2D eigenvalue weighted by Crippen LogP contribution is 2.31. The number of imidazole rings is 1. The fraction of sp³-hybridized carbons (Fsp3) is 0.769. The summed E-state index contributed by atoms with van der Waals surface area (Å²) in [7, 11) is 0. The zero-order valence-corrected chi connectivity index (χ0v) is 11.7. The van der Waals surface area contributed by atoms with Crippen LogP contribution < -0.4 is 5.32 Å². The van der Waals surface area contributed by atoms with Crippen LogP contribution >= 0.6 is 11.8 Å². The lowest BCUT2D eigenvalue weighted by molar-refractivity contribution is 0.522. The normalized spacial score (nSPS) is 18.5. The topological polar surface area (TPSA) is 29.9 Å². The van der Waals surface area contributed by atoms with Gasteiger partial charge in [-0.2, -0.15) is 11.8 Å². The van der Waals surface area contributed by atoms with E-state index in [1.807, 2.05) is 18.0 Å². The summed E-state index contributed by atoms with van der Waals surface area (Å²) in [6.07, 6.45) is 12.8. The highest BCUT2D eigenvalue weighted by molar-refractivity contribution is 7.99. The maximum atomic E-state index is 4.43. The van der Waals surface area contributed by atoms with E-state index in [1.54, 1.807) is 0 Å². The minimum atomic E-state index is 0.679. The lowest BCUT2D eigenvalue weighted by Crippen LogP contribution is -2.13. The van der Waals surface area contributed by atoms with Crippen LogP contribution in [-0.4, -0.2) is 27.6 Å². The molecule has 96 valence electrons. The van der Waals surface area contributed by atoms with E-state index >= 15 is 0 Å². The first-order valence-electron chi connectivity index (χ1n) is 6.60. The minimum absolute atomic E-state index is 0.679. The van der Waals surface area contributed by atoms with Gasteiger partial charge in [0.1, 0.15) is 0 Å². The highest BCUT2D eigenvalue weighted by atomic mass is 32.2. The van der Waals surface area contributed by atoms with Crippen LogP contribution in [0, 0.1) is 0 Å². The third-order valence-corrected chi connectivity index (χ3v) is 4.66. The van der Waals surface area contributed by atoms with E-state index in [-0.39, 0.29) is 0 Å². The van der Waals surface area contributed by atoms with Gasteiger partial charge in [0.25, 0.3) is 0 Å². The van der Waals surface area contributed by atoms with Gasteiger partial charge in [0.05, 0.1) is 0 Å². The zero-order chi connectivity index (χ0) is 12.1. The molecule has 1 aliphatic carbocycles. The molecular formula is C13H23N3S. The third-order valence-electron chi connectivity index (χ3n) is 3.62. The number of nitrogens with zero attached hydrogens (tertiary/aromatic N) is 2. The van der Waals surface area contributed by atoms with E-state index in [0.717, 1.165) is 17.7 Å². The average Bonchev–Trinajstić information content (AvgIpc) is 2.98. The molecule has 1 fully saturated rings. The molecule has 3 nitrogen and oxygen atoms in total. The van der Waals surface area contributed by atoms with Crippen LogP contribution in [0.25, 0.3) is 0 Å². The quantitative estimate of drug-likeness (QED) is 0.841. The smallest absolute Gasteiger partial charge is 0.203 e. The standard InChI is InChI=1S/C13H23N3S/c1-11(17-2)7-8-14-13-15-9-10-16(13)12-5-3-4-6-12/h9-12H,3-8H2,1-2H3,(H,14,15). The van der Waals surface area contributed by atoms with Crippen LogP contribution in [0.5, 0.6) is 0 Å². The Bertz CT molecular complexity index is 331. The Morgan fingerprint density at radius 1 is 1.53 bits per heavy atom. The van der Waals surface area contributed by atoms with Crippen LogP contribution in [0.4, 0.5) is 5.95 Å². The fourth-order valence-corrected chi connectivity index (χ4v) is 2.79. The second-order valence-electron chi connectivity index (χ2n) is 4.86. The van der Waals surface area contributed by atoms with Gasteiger partial charge in [-0.3, -0.25) is 0 Å². The molecule has 4 heteroatoms. The third kappa shape index (κ3) is 3.41. The van der Waals surface area contributed by atoms with E-state index < -0.39 is 0 Å². The van der Waals surface area contributed by atoms with Crippen LogP contribution in [0.15, 0.2) is 12.4 Å². The van der Waals surface area contributed by atoms with E-state index in [2.05, 4.69) is 34.2 Å². The maximum absolute atomic E-state index is 4.43. The molecule has 0 aliphatic heterocycles. The SMILES string of the molecule is CSC(C)CCNc1nccn1C1CCCC1. The van der Waals surface area contributed by atoms with E-state index in [9.17, 15) is 0 Å². The summed E-state index contributed by atoms with van der Waals surface area (Å²) >= 11 is 1.92. The second kappa shape index (κ2) is 6.34. The number of rotatable bonds is 6. The molecule has 2 rings (SSSR count). The Morgan fingerprint density at radius 3 is 3.00 bits per heavy atom. The minimum Gasteiger partial charge on any atom is -0.356 e. The van der Waals surface area contributed by atoms with Crippen molar-refractivity contribution in [1.29, 1.82) is 0 Å². The molecule has 1 aromatic rings. The van der Waals surface area contributed by atoms with Gasteiger partial charge in [-0.15, -0.1) is 0 Å². The van der Waals surface area contributed by atoms with Crippen molar-refractivity contribution in [1.82, 2.24) is 9.55 Å². The fourth-order valence-electron chi connectivity index (χ4n) is 2.43. The molecule has 1 atom stereocenters. The van der Waals surface area contributed by atoms with E-state index in [0.29, 0.717) is 6.04 Å². The first-order chi connectivity index (χ1) is 8.31. The Balaban J connectivity index is 1.86. The van der Waals surface area contributed by atoms with Crippen LogP contribution in [0.3, 0.4) is 0 Å². The molecule has 0 amide bonds. The zero-order valence-electron chi connectivity index (χ0n) is 10.9. The van der Waals surface area contributed by atoms with Gasteiger partial charge in [0.2, 0.25) is 5.95 Å². The second-order valence-corrected chi connectivity index (χ2v) is 6.13. The van der Waals surface area contributed by atoms with E-state index in [4.69, 9.17) is 0 Å². The number of hydrogen-bond donors (Lipinski definition) is 1. The van der Waals surface area contributed by atoms with Gasteiger partial charge in [0, 0.05) is 30.2 Å². The Hall–Kier alpha value is -0.640. The van der Waals surface area contributed by atoms with Crippen molar-refractivity contribution in [2.24, 2.45) is 0 Å². The van der Waals surface area contributed by atoms with Crippen molar-refractivity contribution >= 4 is 17.7 Å². The van der Waals surface area contributed by atoms with Crippen molar-refractivity contribution < 1.29 is 0 Å². The van der Waals surface area contributed by atoms with Gasteiger partial charge in [-0.25, -0.2) is 4.98 Å². The Morgan fingerprint density at radius 2 is 2.29 bits per heavy atom. The molecule has 17 heavy (non-hydrogen) atoms. The Labute approximate surface area is 108 Å². The lowest BCUT2D eigenvalue weighted by Gasteiger charge is -2.16. The van der Waals surface area contributed by atoms with Crippen molar-refractivity contribution in [3.63, 3.8) is 0 Å². The van der Waals surface area contributed by atoms with Crippen molar-refractivity contribution in [2.75, 3.05) is 18.1 Å². The predicted molar refractivity (Wildman–Crippen MR) is 75.8 cm³/mol. The van der Waals surface area contributed by atoms with Crippen LogP contribution in [0.1, 0.15) is 45.1 Å².